The first-order valence-corrected chi connectivity index (χ1v) is 9.30. The molecule has 1 aromatic carbocycles. The molecule has 7 heteroatoms. The van der Waals surface area contributed by atoms with Crippen molar-refractivity contribution in [2.45, 2.75) is 38.5 Å². The van der Waals surface area contributed by atoms with Gasteiger partial charge >= 0.3 is 0 Å². The predicted molar refractivity (Wildman–Crippen MR) is 98.9 cm³/mol. The minimum absolute atomic E-state index is 0.0583. The van der Waals surface area contributed by atoms with E-state index in [1.54, 1.807) is 22.1 Å². The molecule has 7 nitrogen and oxygen atoms in total. The lowest BCUT2D eigenvalue weighted by atomic mass is 9.91. The van der Waals surface area contributed by atoms with Crippen LogP contribution in [0.3, 0.4) is 0 Å². The molecule has 1 N–H and O–H groups in total. The van der Waals surface area contributed by atoms with Gasteiger partial charge in [0.05, 0.1) is 12.1 Å². The summed E-state index contributed by atoms with van der Waals surface area (Å²) in [4.78, 5) is 32.6. The Bertz CT molecular complexity index is 868. The molecule has 1 saturated heterocycles. The van der Waals surface area contributed by atoms with Gasteiger partial charge in [-0.3, -0.25) is 9.59 Å². The van der Waals surface area contributed by atoms with Crippen LogP contribution in [0.2, 0.25) is 0 Å². The van der Waals surface area contributed by atoms with Gasteiger partial charge in [0.15, 0.2) is 0 Å². The molecule has 1 fully saturated rings. The number of aromatic nitrogens is 2. The number of amides is 2. The van der Waals surface area contributed by atoms with Crippen LogP contribution in [-0.2, 0) is 17.9 Å². The standard InChI is InChI=1S/C20H24N4O3/c1-15-21-8-11-23(15)14-20(27)6-9-22(10-7-20)18(25)13-24-12-16-4-2-3-5-17(16)19(24)26/h2-5,8,11,27H,6-7,9-10,12-14H2,1H3. The molecule has 0 atom stereocenters. The Balaban J connectivity index is 1.33. The molecule has 0 spiro atoms. The number of piperidine rings is 1. The maximum Gasteiger partial charge on any atom is 0.254 e. The minimum Gasteiger partial charge on any atom is -0.388 e. The zero-order valence-electron chi connectivity index (χ0n) is 15.5. The van der Waals surface area contributed by atoms with Gasteiger partial charge in [-0.05, 0) is 31.4 Å². The molecule has 2 aliphatic rings. The maximum atomic E-state index is 12.7. The van der Waals surface area contributed by atoms with Crippen LogP contribution in [0.15, 0.2) is 36.7 Å². The smallest absolute Gasteiger partial charge is 0.254 e. The summed E-state index contributed by atoms with van der Waals surface area (Å²) in [5.41, 5.74) is 0.829. The molecule has 4 rings (SSSR count). The normalized spacial score (nSPS) is 18.7. The van der Waals surface area contributed by atoms with Gasteiger partial charge in [-0.2, -0.15) is 0 Å². The van der Waals surface area contributed by atoms with Gasteiger partial charge in [-0.15, -0.1) is 0 Å². The summed E-state index contributed by atoms with van der Waals surface area (Å²) in [5, 5.41) is 10.9. The van der Waals surface area contributed by atoms with Crippen LogP contribution in [0, 0.1) is 6.92 Å². The van der Waals surface area contributed by atoms with E-state index in [9.17, 15) is 14.7 Å². The number of likely N-dealkylation sites (tertiary alicyclic amines) is 1. The van der Waals surface area contributed by atoms with Crippen molar-refractivity contribution in [2.24, 2.45) is 0 Å². The highest BCUT2D eigenvalue weighted by molar-refractivity contribution is 6.00. The molecule has 0 aliphatic carbocycles. The van der Waals surface area contributed by atoms with Crippen LogP contribution in [-0.4, -0.2) is 61.5 Å². The fraction of sp³-hybridized carbons (Fsp3) is 0.450. The van der Waals surface area contributed by atoms with E-state index in [1.165, 1.54) is 0 Å². The summed E-state index contributed by atoms with van der Waals surface area (Å²) >= 11 is 0. The molecule has 3 heterocycles. The Labute approximate surface area is 158 Å². The number of carbonyl (C=O) groups excluding carboxylic acids is 2. The van der Waals surface area contributed by atoms with Crippen molar-refractivity contribution in [3.8, 4) is 0 Å². The number of hydrogen-bond acceptors (Lipinski definition) is 4. The molecular weight excluding hydrogens is 344 g/mol. The topological polar surface area (TPSA) is 78.7 Å². The van der Waals surface area contributed by atoms with Crippen LogP contribution >= 0.6 is 0 Å². The van der Waals surface area contributed by atoms with Gasteiger partial charge in [0.2, 0.25) is 5.91 Å². The highest BCUT2D eigenvalue weighted by atomic mass is 16.3. The molecule has 2 aromatic rings. The summed E-state index contributed by atoms with van der Waals surface area (Å²) < 4.78 is 1.94. The average molecular weight is 368 g/mol. The first kappa shape index (κ1) is 17.7. The molecular formula is C20H24N4O3. The Morgan fingerprint density at radius 1 is 1.26 bits per heavy atom. The van der Waals surface area contributed by atoms with Crippen molar-refractivity contribution >= 4 is 11.8 Å². The second-order valence-corrected chi connectivity index (χ2v) is 7.53. The van der Waals surface area contributed by atoms with Crippen LogP contribution in [0.25, 0.3) is 0 Å². The van der Waals surface area contributed by atoms with E-state index in [0.717, 1.165) is 11.4 Å². The zero-order valence-corrected chi connectivity index (χ0v) is 15.5. The molecule has 0 unspecified atom stereocenters. The van der Waals surface area contributed by atoms with Gasteiger partial charge in [-0.25, -0.2) is 4.98 Å². The molecule has 0 bridgehead atoms. The highest BCUT2D eigenvalue weighted by Crippen LogP contribution is 2.26. The molecule has 142 valence electrons. The van der Waals surface area contributed by atoms with E-state index < -0.39 is 5.60 Å². The van der Waals surface area contributed by atoms with Crippen molar-refractivity contribution in [1.82, 2.24) is 19.4 Å². The lowest BCUT2D eigenvalue weighted by Crippen LogP contribution is -2.50. The summed E-state index contributed by atoms with van der Waals surface area (Å²) in [7, 11) is 0. The minimum atomic E-state index is -0.831. The van der Waals surface area contributed by atoms with Crippen molar-refractivity contribution < 1.29 is 14.7 Å². The number of hydrogen-bond donors (Lipinski definition) is 1. The molecule has 1 aromatic heterocycles. The summed E-state index contributed by atoms with van der Waals surface area (Å²) in [6.45, 7) is 3.97. The van der Waals surface area contributed by atoms with Gasteiger partial charge < -0.3 is 19.5 Å². The fourth-order valence-electron chi connectivity index (χ4n) is 3.92. The number of nitrogens with zero attached hydrogens (tertiary/aromatic N) is 4. The number of fused-ring (bicyclic) bond motifs is 1. The van der Waals surface area contributed by atoms with Gasteiger partial charge in [-0.1, -0.05) is 18.2 Å². The number of imidazole rings is 1. The third-order valence-electron chi connectivity index (χ3n) is 5.66. The van der Waals surface area contributed by atoms with E-state index in [4.69, 9.17) is 0 Å². The number of benzene rings is 1. The van der Waals surface area contributed by atoms with E-state index in [-0.39, 0.29) is 18.4 Å². The van der Waals surface area contributed by atoms with Crippen LogP contribution < -0.4 is 0 Å². The van der Waals surface area contributed by atoms with Gasteiger partial charge in [0.1, 0.15) is 12.4 Å². The van der Waals surface area contributed by atoms with E-state index in [1.807, 2.05) is 35.9 Å². The predicted octanol–water partition coefficient (Wildman–Crippen LogP) is 1.20. The highest BCUT2D eigenvalue weighted by Gasteiger charge is 2.36. The van der Waals surface area contributed by atoms with Gasteiger partial charge in [0.25, 0.3) is 5.91 Å². The first-order valence-electron chi connectivity index (χ1n) is 9.30. The molecule has 27 heavy (non-hydrogen) atoms. The van der Waals surface area contributed by atoms with E-state index >= 15 is 0 Å². The second kappa shape index (κ2) is 6.81. The number of aliphatic hydroxyl groups is 1. The van der Waals surface area contributed by atoms with Crippen molar-refractivity contribution in [3.05, 3.63) is 53.6 Å². The van der Waals surface area contributed by atoms with Crippen LogP contribution in [0.5, 0.6) is 0 Å². The maximum absolute atomic E-state index is 12.7. The SMILES string of the molecule is Cc1nccn1CC1(O)CCN(C(=O)CN2Cc3ccccc3C2=O)CC1. The average Bonchev–Trinajstić information content (AvgIpc) is 3.19. The Morgan fingerprint density at radius 3 is 2.67 bits per heavy atom. The van der Waals surface area contributed by atoms with Crippen LogP contribution in [0.1, 0.15) is 34.6 Å². The summed E-state index contributed by atoms with van der Waals surface area (Å²) in [5.74, 6) is 0.731. The lowest BCUT2D eigenvalue weighted by Gasteiger charge is -2.39. The van der Waals surface area contributed by atoms with E-state index in [0.29, 0.717) is 44.6 Å². The monoisotopic (exact) mass is 368 g/mol. The van der Waals surface area contributed by atoms with E-state index in [2.05, 4.69) is 4.98 Å². The van der Waals surface area contributed by atoms with Crippen molar-refractivity contribution in [2.75, 3.05) is 19.6 Å². The summed E-state index contributed by atoms with van der Waals surface area (Å²) in [6.07, 6.45) is 4.62. The Hall–Kier alpha value is -2.67. The van der Waals surface area contributed by atoms with Gasteiger partial charge in [0, 0.05) is 37.6 Å². The quantitative estimate of drug-likeness (QED) is 0.880. The fourth-order valence-corrected chi connectivity index (χ4v) is 3.92. The zero-order chi connectivity index (χ0) is 19.0. The largest absolute Gasteiger partial charge is 0.388 e. The number of carbonyl (C=O) groups is 2. The van der Waals surface area contributed by atoms with Crippen LogP contribution in [0.4, 0.5) is 0 Å². The number of rotatable bonds is 4. The van der Waals surface area contributed by atoms with Crippen molar-refractivity contribution in [1.29, 1.82) is 0 Å². The third-order valence-corrected chi connectivity index (χ3v) is 5.66. The second-order valence-electron chi connectivity index (χ2n) is 7.53. The third kappa shape index (κ3) is 3.47. The molecule has 0 saturated carbocycles. The Kier molecular flexibility index (Phi) is 4.47. The molecule has 0 radical (unpaired) electrons. The molecule has 2 aliphatic heterocycles. The van der Waals surface area contributed by atoms with Crippen molar-refractivity contribution in [3.63, 3.8) is 0 Å². The lowest BCUT2D eigenvalue weighted by molar-refractivity contribution is -0.136. The Morgan fingerprint density at radius 2 is 2.00 bits per heavy atom. The number of aryl methyl sites for hydroxylation is 1. The molecule has 2 amide bonds. The summed E-state index contributed by atoms with van der Waals surface area (Å²) in [6, 6.07) is 7.48. The first-order chi connectivity index (χ1) is 13.0.